The first-order chi connectivity index (χ1) is 13.8. The van der Waals surface area contributed by atoms with E-state index in [4.69, 9.17) is 0 Å². The molecule has 0 saturated heterocycles. The molecule has 0 aromatic heterocycles. The van der Waals surface area contributed by atoms with Gasteiger partial charge in [-0.2, -0.15) is 0 Å². The molecule has 0 radical (unpaired) electrons. The molecule has 156 valence electrons. The highest BCUT2D eigenvalue weighted by Gasteiger charge is 2.17. The largest absolute Gasteiger partial charge is 0.348 e. The lowest BCUT2D eigenvalue weighted by atomic mass is 10.0. The Morgan fingerprint density at radius 2 is 1.55 bits per heavy atom. The van der Waals surface area contributed by atoms with Crippen molar-refractivity contribution >= 4 is 17.5 Å². The summed E-state index contributed by atoms with van der Waals surface area (Å²) in [5, 5.41) is 6.08. The number of benzene rings is 2. The van der Waals surface area contributed by atoms with Gasteiger partial charge in [-0.05, 0) is 50.9 Å². The minimum atomic E-state index is -0.122. The van der Waals surface area contributed by atoms with E-state index in [0.717, 1.165) is 35.2 Å². The Morgan fingerprint density at radius 3 is 2.14 bits per heavy atom. The highest BCUT2D eigenvalue weighted by Crippen LogP contribution is 2.22. The van der Waals surface area contributed by atoms with E-state index in [1.807, 2.05) is 51.1 Å². The van der Waals surface area contributed by atoms with Crippen LogP contribution >= 0.6 is 0 Å². The van der Waals surface area contributed by atoms with Gasteiger partial charge in [-0.15, -0.1) is 0 Å². The zero-order valence-corrected chi connectivity index (χ0v) is 18.2. The summed E-state index contributed by atoms with van der Waals surface area (Å²) in [5.74, 6) is -0.200. The van der Waals surface area contributed by atoms with Crippen molar-refractivity contribution in [1.82, 2.24) is 10.2 Å². The van der Waals surface area contributed by atoms with E-state index in [-0.39, 0.29) is 30.9 Å². The van der Waals surface area contributed by atoms with Gasteiger partial charge in [0.05, 0.1) is 19.1 Å². The molecular formula is C24H33N3O2. The quantitative estimate of drug-likeness (QED) is 0.671. The van der Waals surface area contributed by atoms with Crippen molar-refractivity contribution in [3.8, 4) is 0 Å². The van der Waals surface area contributed by atoms with Crippen LogP contribution in [0, 0.1) is 20.8 Å². The van der Waals surface area contributed by atoms with Gasteiger partial charge < -0.3 is 10.6 Å². The number of carbonyl (C=O) groups excluding carboxylic acids is 2. The third kappa shape index (κ3) is 7.02. The minimum Gasteiger partial charge on any atom is -0.348 e. The molecule has 2 aromatic rings. The highest BCUT2D eigenvalue weighted by atomic mass is 16.2. The average molecular weight is 396 g/mol. The molecule has 2 aromatic carbocycles. The Kier molecular flexibility index (Phi) is 8.40. The van der Waals surface area contributed by atoms with Crippen molar-refractivity contribution in [2.24, 2.45) is 0 Å². The van der Waals surface area contributed by atoms with Crippen molar-refractivity contribution in [2.75, 3.05) is 25.5 Å². The van der Waals surface area contributed by atoms with Crippen LogP contribution in [0.15, 0.2) is 42.5 Å². The number of hydrogen-bond donors (Lipinski definition) is 2. The topological polar surface area (TPSA) is 61.4 Å². The van der Waals surface area contributed by atoms with Crippen molar-refractivity contribution in [3.05, 3.63) is 64.7 Å². The van der Waals surface area contributed by atoms with E-state index in [9.17, 15) is 9.59 Å². The molecular weight excluding hydrogens is 362 g/mol. The summed E-state index contributed by atoms with van der Waals surface area (Å²) in [6.07, 6.45) is 1.86. The molecule has 0 aliphatic carbocycles. The van der Waals surface area contributed by atoms with Crippen LogP contribution in [0.25, 0.3) is 0 Å². The summed E-state index contributed by atoms with van der Waals surface area (Å²) in [4.78, 5) is 26.7. The van der Waals surface area contributed by atoms with Crippen LogP contribution in [0.1, 0.15) is 48.1 Å². The standard InChI is InChI=1S/C24H33N3O2/c1-6-10-21(20-11-8-7-9-12-20)25-22(28)15-27(5)16-23(29)26-24-18(3)13-17(2)14-19(24)4/h7-9,11-14,21H,6,10,15-16H2,1-5H3,(H,25,28)(H,26,29)/t21-/m0/s1. The molecule has 2 N–H and O–H groups in total. The molecule has 0 bridgehead atoms. The monoisotopic (exact) mass is 395 g/mol. The Hall–Kier alpha value is -2.66. The number of anilines is 1. The second-order valence-electron chi connectivity index (χ2n) is 7.81. The van der Waals surface area contributed by atoms with Crippen LogP contribution in [0.5, 0.6) is 0 Å². The SMILES string of the molecule is CCC[C@H](NC(=O)CN(C)CC(=O)Nc1c(C)cc(C)cc1C)c1ccccc1. The number of nitrogens with one attached hydrogen (secondary N) is 2. The fourth-order valence-electron chi connectivity index (χ4n) is 3.64. The molecule has 0 aliphatic rings. The predicted molar refractivity (Wildman–Crippen MR) is 119 cm³/mol. The normalized spacial score (nSPS) is 11.9. The van der Waals surface area contributed by atoms with E-state index in [1.165, 1.54) is 5.56 Å². The van der Waals surface area contributed by atoms with Crippen molar-refractivity contribution in [1.29, 1.82) is 0 Å². The third-order valence-electron chi connectivity index (χ3n) is 4.88. The molecule has 0 heterocycles. The molecule has 0 saturated carbocycles. The molecule has 0 unspecified atom stereocenters. The Labute approximate surface area is 174 Å². The molecule has 5 nitrogen and oxygen atoms in total. The second kappa shape index (κ2) is 10.8. The van der Waals surface area contributed by atoms with Crippen molar-refractivity contribution in [3.63, 3.8) is 0 Å². The zero-order chi connectivity index (χ0) is 21.4. The first-order valence-electron chi connectivity index (χ1n) is 10.2. The maximum atomic E-state index is 12.5. The molecule has 29 heavy (non-hydrogen) atoms. The van der Waals surface area contributed by atoms with Crippen LogP contribution in [0.2, 0.25) is 0 Å². The van der Waals surface area contributed by atoms with Gasteiger partial charge in [0.2, 0.25) is 11.8 Å². The van der Waals surface area contributed by atoms with Crippen LogP contribution in [-0.2, 0) is 9.59 Å². The van der Waals surface area contributed by atoms with E-state index in [1.54, 1.807) is 11.9 Å². The van der Waals surface area contributed by atoms with Gasteiger partial charge in [0.25, 0.3) is 0 Å². The molecule has 0 spiro atoms. The van der Waals surface area contributed by atoms with Gasteiger partial charge in [0.15, 0.2) is 0 Å². The lowest BCUT2D eigenvalue weighted by Gasteiger charge is -2.22. The lowest BCUT2D eigenvalue weighted by Crippen LogP contribution is -2.40. The van der Waals surface area contributed by atoms with Gasteiger partial charge in [-0.1, -0.05) is 61.4 Å². The lowest BCUT2D eigenvalue weighted by molar-refractivity contribution is -0.123. The zero-order valence-electron chi connectivity index (χ0n) is 18.2. The maximum absolute atomic E-state index is 12.5. The fraction of sp³-hybridized carbons (Fsp3) is 0.417. The summed E-state index contributed by atoms with van der Waals surface area (Å²) in [5.41, 5.74) is 5.22. The number of nitrogens with zero attached hydrogens (tertiary/aromatic N) is 1. The van der Waals surface area contributed by atoms with E-state index < -0.39 is 0 Å². The first-order valence-corrected chi connectivity index (χ1v) is 10.2. The maximum Gasteiger partial charge on any atom is 0.238 e. The van der Waals surface area contributed by atoms with Crippen molar-refractivity contribution in [2.45, 2.75) is 46.6 Å². The van der Waals surface area contributed by atoms with E-state index >= 15 is 0 Å². The molecule has 0 aliphatic heterocycles. The van der Waals surface area contributed by atoms with E-state index in [0.29, 0.717) is 0 Å². The summed E-state index contributed by atoms with van der Waals surface area (Å²) < 4.78 is 0. The number of hydrogen-bond acceptors (Lipinski definition) is 3. The second-order valence-corrected chi connectivity index (χ2v) is 7.81. The first kappa shape index (κ1) is 22.6. The van der Waals surface area contributed by atoms with Crippen LogP contribution in [0.3, 0.4) is 0 Å². The smallest absolute Gasteiger partial charge is 0.238 e. The molecule has 2 rings (SSSR count). The fourth-order valence-corrected chi connectivity index (χ4v) is 3.64. The molecule has 5 heteroatoms. The third-order valence-corrected chi connectivity index (χ3v) is 4.88. The molecule has 2 amide bonds. The average Bonchev–Trinajstić information content (AvgIpc) is 2.64. The van der Waals surface area contributed by atoms with E-state index in [2.05, 4.69) is 29.7 Å². The Balaban J connectivity index is 1.90. The predicted octanol–water partition coefficient (Wildman–Crippen LogP) is 4.14. The van der Waals surface area contributed by atoms with Crippen molar-refractivity contribution < 1.29 is 9.59 Å². The Morgan fingerprint density at radius 1 is 0.966 bits per heavy atom. The van der Waals surface area contributed by atoms with Crippen LogP contribution in [-0.4, -0.2) is 36.9 Å². The summed E-state index contributed by atoms with van der Waals surface area (Å²) in [7, 11) is 1.78. The highest BCUT2D eigenvalue weighted by molar-refractivity contribution is 5.94. The minimum absolute atomic E-state index is 0.00576. The summed E-state index contributed by atoms with van der Waals surface area (Å²) in [6, 6.07) is 14.1. The van der Waals surface area contributed by atoms with Gasteiger partial charge in [-0.3, -0.25) is 14.5 Å². The number of aryl methyl sites for hydroxylation is 3. The van der Waals surface area contributed by atoms with Crippen LogP contribution in [0.4, 0.5) is 5.69 Å². The summed E-state index contributed by atoms with van der Waals surface area (Å²) >= 11 is 0. The van der Waals surface area contributed by atoms with Gasteiger partial charge in [0, 0.05) is 5.69 Å². The van der Waals surface area contributed by atoms with Gasteiger partial charge in [0.1, 0.15) is 0 Å². The van der Waals surface area contributed by atoms with Crippen LogP contribution < -0.4 is 10.6 Å². The van der Waals surface area contributed by atoms with Gasteiger partial charge in [-0.25, -0.2) is 0 Å². The molecule has 1 atom stereocenters. The van der Waals surface area contributed by atoms with Gasteiger partial charge >= 0.3 is 0 Å². The number of carbonyl (C=O) groups is 2. The molecule has 0 fully saturated rings. The summed E-state index contributed by atoms with van der Waals surface area (Å²) in [6.45, 7) is 8.46. The number of amides is 2. The number of likely N-dealkylation sites (N-methyl/N-ethyl adjacent to an activating group) is 1. The number of rotatable bonds is 9. The Bertz CT molecular complexity index is 810.